The van der Waals surface area contributed by atoms with Gasteiger partial charge < -0.3 is 15.3 Å². The molecule has 1 aromatic rings. The molecule has 0 aliphatic carbocycles. The predicted molar refractivity (Wildman–Crippen MR) is 85.7 cm³/mol. The highest BCUT2D eigenvalue weighted by atomic mass is 16.3. The van der Waals surface area contributed by atoms with Crippen molar-refractivity contribution in [1.29, 1.82) is 0 Å². The van der Waals surface area contributed by atoms with Crippen molar-refractivity contribution in [1.82, 2.24) is 25.0 Å². The summed E-state index contributed by atoms with van der Waals surface area (Å²) in [5.41, 5.74) is 0. The van der Waals surface area contributed by atoms with Gasteiger partial charge in [-0.3, -0.25) is 0 Å². The van der Waals surface area contributed by atoms with Gasteiger partial charge in [-0.2, -0.15) is 5.10 Å². The van der Waals surface area contributed by atoms with Gasteiger partial charge in [-0.15, -0.1) is 0 Å². The second-order valence-electron chi connectivity index (χ2n) is 7.04. The van der Waals surface area contributed by atoms with E-state index in [1.54, 1.807) is 0 Å². The Morgan fingerprint density at radius 1 is 1.32 bits per heavy atom. The topological polar surface area (TPSA) is 66.2 Å². The first-order valence-corrected chi connectivity index (χ1v) is 8.64. The van der Waals surface area contributed by atoms with E-state index in [9.17, 15) is 5.11 Å². The van der Waals surface area contributed by atoms with E-state index in [0.29, 0.717) is 12.6 Å². The summed E-state index contributed by atoms with van der Waals surface area (Å²) in [6.45, 7) is 8.84. The van der Waals surface area contributed by atoms with Gasteiger partial charge in [-0.1, -0.05) is 6.92 Å². The number of likely N-dealkylation sites (tertiary alicyclic amines) is 1. The van der Waals surface area contributed by atoms with Crippen LogP contribution in [0.1, 0.15) is 37.8 Å². The lowest BCUT2D eigenvalue weighted by molar-refractivity contribution is 0.0874. The van der Waals surface area contributed by atoms with Crippen LogP contribution in [0, 0.1) is 12.8 Å². The maximum Gasteiger partial charge on any atom is 0.147 e. The zero-order valence-electron chi connectivity index (χ0n) is 13.8. The molecule has 0 amide bonds. The molecule has 0 saturated carbocycles. The van der Waals surface area contributed by atoms with E-state index in [0.717, 1.165) is 56.6 Å². The molecule has 6 heteroatoms. The molecule has 2 aliphatic rings. The molecule has 0 spiro atoms. The van der Waals surface area contributed by atoms with Crippen molar-refractivity contribution in [2.75, 3.05) is 26.2 Å². The Hall–Kier alpha value is -0.980. The number of aryl methyl sites for hydroxylation is 2. The van der Waals surface area contributed by atoms with Crippen LogP contribution < -0.4 is 5.32 Å². The van der Waals surface area contributed by atoms with E-state index < -0.39 is 0 Å². The molecule has 0 unspecified atom stereocenters. The Morgan fingerprint density at radius 2 is 2.09 bits per heavy atom. The quantitative estimate of drug-likeness (QED) is 0.833. The minimum absolute atomic E-state index is 0.285. The molecular weight excluding hydrogens is 278 g/mol. The van der Waals surface area contributed by atoms with E-state index in [2.05, 4.69) is 27.2 Å². The highest BCUT2D eigenvalue weighted by Crippen LogP contribution is 2.16. The van der Waals surface area contributed by atoms with Gasteiger partial charge in [0.25, 0.3) is 0 Å². The minimum Gasteiger partial charge on any atom is -0.390 e. The Kier molecular flexibility index (Phi) is 5.10. The first kappa shape index (κ1) is 15.9. The van der Waals surface area contributed by atoms with E-state index in [-0.39, 0.29) is 6.10 Å². The average molecular weight is 307 g/mol. The number of aromatic nitrogens is 3. The number of aliphatic hydroxyl groups excluding tert-OH is 1. The number of nitrogens with zero attached hydrogens (tertiary/aromatic N) is 4. The molecule has 1 fully saturated rings. The second-order valence-corrected chi connectivity index (χ2v) is 7.04. The van der Waals surface area contributed by atoms with Gasteiger partial charge >= 0.3 is 0 Å². The molecule has 22 heavy (non-hydrogen) atoms. The van der Waals surface area contributed by atoms with Crippen molar-refractivity contribution in [3.63, 3.8) is 0 Å². The number of piperidine rings is 1. The van der Waals surface area contributed by atoms with Crippen LogP contribution in [0.25, 0.3) is 0 Å². The normalized spacial score (nSPS) is 25.1. The highest BCUT2D eigenvalue weighted by molar-refractivity contribution is 4.96. The zero-order chi connectivity index (χ0) is 15.5. The summed E-state index contributed by atoms with van der Waals surface area (Å²) in [6, 6.07) is 0.393. The largest absolute Gasteiger partial charge is 0.390 e. The first-order valence-electron chi connectivity index (χ1n) is 8.64. The van der Waals surface area contributed by atoms with Crippen LogP contribution >= 0.6 is 0 Å². The van der Waals surface area contributed by atoms with Crippen molar-refractivity contribution in [3.8, 4) is 0 Å². The maximum atomic E-state index is 10.3. The number of hydrogen-bond acceptors (Lipinski definition) is 5. The fraction of sp³-hybridized carbons (Fsp3) is 0.875. The molecule has 3 rings (SSSR count). The zero-order valence-corrected chi connectivity index (χ0v) is 13.8. The lowest BCUT2D eigenvalue weighted by atomic mass is 9.99. The van der Waals surface area contributed by atoms with Crippen LogP contribution in [0.3, 0.4) is 0 Å². The second kappa shape index (κ2) is 7.06. The summed E-state index contributed by atoms with van der Waals surface area (Å²) >= 11 is 0. The molecule has 6 nitrogen and oxygen atoms in total. The average Bonchev–Trinajstić information content (AvgIpc) is 2.87. The number of nitrogens with one attached hydrogen (secondary N) is 1. The molecule has 2 aliphatic heterocycles. The lowest BCUT2D eigenvalue weighted by Gasteiger charge is -2.32. The van der Waals surface area contributed by atoms with Gasteiger partial charge in [-0.25, -0.2) is 9.67 Å². The lowest BCUT2D eigenvalue weighted by Crippen LogP contribution is -2.46. The van der Waals surface area contributed by atoms with Crippen molar-refractivity contribution in [2.45, 2.75) is 58.2 Å². The third kappa shape index (κ3) is 4.06. The summed E-state index contributed by atoms with van der Waals surface area (Å²) < 4.78 is 2.01. The maximum absolute atomic E-state index is 10.3. The number of aliphatic hydroxyl groups is 1. The van der Waals surface area contributed by atoms with Crippen LogP contribution in [-0.4, -0.2) is 63.1 Å². The minimum atomic E-state index is -0.285. The van der Waals surface area contributed by atoms with Crippen LogP contribution in [-0.2, 0) is 13.0 Å². The summed E-state index contributed by atoms with van der Waals surface area (Å²) in [5.74, 6) is 2.79. The Morgan fingerprint density at radius 3 is 2.86 bits per heavy atom. The fourth-order valence-corrected chi connectivity index (χ4v) is 3.51. The fourth-order valence-electron chi connectivity index (χ4n) is 3.51. The summed E-state index contributed by atoms with van der Waals surface area (Å²) in [5, 5.41) is 18.2. The van der Waals surface area contributed by atoms with Crippen molar-refractivity contribution < 1.29 is 5.11 Å². The van der Waals surface area contributed by atoms with Crippen LogP contribution in [0.2, 0.25) is 0 Å². The van der Waals surface area contributed by atoms with E-state index in [1.807, 2.05) is 11.6 Å². The van der Waals surface area contributed by atoms with Gasteiger partial charge in [0, 0.05) is 25.6 Å². The smallest absolute Gasteiger partial charge is 0.147 e. The Labute approximate surface area is 132 Å². The highest BCUT2D eigenvalue weighted by Gasteiger charge is 2.22. The van der Waals surface area contributed by atoms with Crippen LogP contribution in [0.15, 0.2) is 0 Å². The van der Waals surface area contributed by atoms with E-state index in [4.69, 9.17) is 0 Å². The molecule has 3 heterocycles. The summed E-state index contributed by atoms with van der Waals surface area (Å²) in [7, 11) is 0. The molecule has 0 aromatic carbocycles. The van der Waals surface area contributed by atoms with Gasteiger partial charge in [0.05, 0.1) is 12.6 Å². The summed E-state index contributed by atoms with van der Waals surface area (Å²) in [4.78, 5) is 6.83. The number of hydrogen-bond donors (Lipinski definition) is 2. The molecule has 2 N–H and O–H groups in total. The van der Waals surface area contributed by atoms with Crippen LogP contribution in [0.5, 0.6) is 0 Å². The molecule has 1 saturated heterocycles. The first-order chi connectivity index (χ1) is 10.6. The predicted octanol–water partition coefficient (Wildman–Crippen LogP) is 0.584. The monoisotopic (exact) mass is 307 g/mol. The van der Waals surface area contributed by atoms with Gasteiger partial charge in [0.1, 0.15) is 11.6 Å². The summed E-state index contributed by atoms with van der Waals surface area (Å²) in [6.07, 6.45) is 4.28. The van der Waals surface area contributed by atoms with Crippen molar-refractivity contribution in [3.05, 3.63) is 11.6 Å². The number of β-amino-alcohol motifs (C(OH)–C–C–N with tert-alkyl or cyclic N) is 1. The molecule has 0 radical (unpaired) electrons. The van der Waals surface area contributed by atoms with E-state index in [1.165, 1.54) is 12.8 Å². The molecule has 1 aromatic heterocycles. The Bertz CT molecular complexity index is 481. The number of fused-ring (bicyclic) bond motifs is 1. The third-order valence-electron chi connectivity index (χ3n) is 4.95. The van der Waals surface area contributed by atoms with E-state index >= 15 is 0 Å². The molecular formula is C16H29N5O. The van der Waals surface area contributed by atoms with Crippen LogP contribution in [0.4, 0.5) is 0 Å². The molecule has 124 valence electrons. The number of rotatable bonds is 5. The Balaban J connectivity index is 1.39. The SMILES string of the molecule is Cc1nc2n(n1)C[C@@H](NC[C@@H](O)CN1CCC(C)CC1)CC2. The van der Waals surface area contributed by atoms with Crippen molar-refractivity contribution >= 4 is 0 Å². The van der Waals surface area contributed by atoms with Crippen molar-refractivity contribution in [2.24, 2.45) is 5.92 Å². The molecule has 0 bridgehead atoms. The third-order valence-corrected chi connectivity index (χ3v) is 4.95. The van der Waals surface area contributed by atoms with Gasteiger partial charge in [0.2, 0.25) is 0 Å². The van der Waals surface area contributed by atoms with Gasteiger partial charge in [-0.05, 0) is 45.2 Å². The standard InChI is InChI=1S/C16H29N5O/c1-12-5-7-20(8-6-12)11-15(22)9-17-14-3-4-16-18-13(2)19-21(16)10-14/h12,14-15,17,22H,3-11H2,1-2H3/t14-,15+/m0/s1. The molecule has 2 atom stereocenters. The van der Waals surface area contributed by atoms with Gasteiger partial charge in [0.15, 0.2) is 0 Å².